The molecule has 0 bridgehead atoms. The molecule has 0 spiro atoms. The minimum Gasteiger partial charge on any atom is -0.486 e. The van der Waals surface area contributed by atoms with Gasteiger partial charge in [-0.25, -0.2) is 9.97 Å². The third kappa shape index (κ3) is 4.83. The van der Waals surface area contributed by atoms with Gasteiger partial charge in [0.2, 0.25) is 5.91 Å². The van der Waals surface area contributed by atoms with Gasteiger partial charge in [0, 0.05) is 24.7 Å². The number of hydrogen-bond acceptors (Lipinski definition) is 6. The SMILES string of the molecule is Cc1nc2[nH]c(C(=O)NC3CCN(C(=O)CO)CC3)c(OC(C)C)c2nc1-c1ccccc1. The lowest BCUT2D eigenvalue weighted by Gasteiger charge is -2.32. The molecule has 4 rings (SSSR count). The zero-order chi connectivity index (χ0) is 23.5. The number of aromatic nitrogens is 3. The number of nitrogens with one attached hydrogen (secondary N) is 2. The first-order chi connectivity index (χ1) is 15.9. The number of aryl methyl sites for hydroxylation is 1. The summed E-state index contributed by atoms with van der Waals surface area (Å²) in [5, 5.41) is 12.1. The van der Waals surface area contributed by atoms with E-state index in [9.17, 15) is 9.59 Å². The number of aliphatic hydroxyl groups excluding tert-OH is 1. The van der Waals surface area contributed by atoms with Gasteiger partial charge in [0.25, 0.3) is 5.91 Å². The Kier molecular flexibility index (Phi) is 6.60. The molecule has 1 fully saturated rings. The number of aliphatic hydroxyl groups is 1. The summed E-state index contributed by atoms with van der Waals surface area (Å²) in [5.74, 6) is -0.198. The van der Waals surface area contributed by atoms with E-state index in [0.29, 0.717) is 42.8 Å². The zero-order valence-electron chi connectivity index (χ0n) is 19.1. The number of piperidine rings is 1. The van der Waals surface area contributed by atoms with Crippen LogP contribution < -0.4 is 10.1 Å². The van der Waals surface area contributed by atoms with Crippen molar-refractivity contribution in [1.29, 1.82) is 0 Å². The van der Waals surface area contributed by atoms with Gasteiger partial charge in [-0.1, -0.05) is 30.3 Å². The summed E-state index contributed by atoms with van der Waals surface area (Å²) in [7, 11) is 0. The number of carbonyl (C=O) groups is 2. The number of carbonyl (C=O) groups excluding carboxylic acids is 2. The quantitative estimate of drug-likeness (QED) is 0.529. The molecule has 1 saturated heterocycles. The van der Waals surface area contributed by atoms with Crippen LogP contribution in [0.1, 0.15) is 42.9 Å². The predicted octanol–water partition coefficient (Wildman–Crippen LogP) is 2.43. The van der Waals surface area contributed by atoms with Gasteiger partial charge < -0.3 is 25.0 Å². The molecular weight excluding hydrogens is 422 g/mol. The number of rotatable bonds is 6. The molecule has 174 valence electrons. The van der Waals surface area contributed by atoms with Crippen molar-refractivity contribution in [3.8, 4) is 17.0 Å². The van der Waals surface area contributed by atoms with Crippen molar-refractivity contribution in [2.75, 3.05) is 19.7 Å². The summed E-state index contributed by atoms with van der Waals surface area (Å²) in [6.07, 6.45) is 1.07. The normalized spacial score (nSPS) is 14.6. The maximum absolute atomic E-state index is 13.2. The number of H-pyrrole nitrogens is 1. The smallest absolute Gasteiger partial charge is 0.271 e. The van der Waals surface area contributed by atoms with E-state index in [1.54, 1.807) is 4.90 Å². The van der Waals surface area contributed by atoms with Crippen LogP contribution in [0.4, 0.5) is 0 Å². The van der Waals surface area contributed by atoms with Gasteiger partial charge in [-0.2, -0.15) is 0 Å². The van der Waals surface area contributed by atoms with Crippen LogP contribution in [0.2, 0.25) is 0 Å². The van der Waals surface area contributed by atoms with Gasteiger partial charge in [0.05, 0.1) is 17.5 Å². The largest absolute Gasteiger partial charge is 0.486 e. The van der Waals surface area contributed by atoms with Gasteiger partial charge in [-0.05, 0) is 33.6 Å². The van der Waals surface area contributed by atoms with Gasteiger partial charge in [0.15, 0.2) is 22.6 Å². The Labute approximate surface area is 192 Å². The van der Waals surface area contributed by atoms with Crippen molar-refractivity contribution in [1.82, 2.24) is 25.2 Å². The highest BCUT2D eigenvalue weighted by Crippen LogP contribution is 2.32. The molecule has 1 aromatic carbocycles. The van der Waals surface area contributed by atoms with Gasteiger partial charge in [-0.15, -0.1) is 0 Å². The Morgan fingerprint density at radius 2 is 1.91 bits per heavy atom. The minimum absolute atomic E-state index is 0.0823. The van der Waals surface area contributed by atoms with Gasteiger partial charge >= 0.3 is 0 Å². The van der Waals surface area contributed by atoms with Crippen LogP contribution >= 0.6 is 0 Å². The minimum atomic E-state index is -0.494. The van der Waals surface area contributed by atoms with Gasteiger partial charge in [-0.3, -0.25) is 9.59 Å². The standard InChI is InChI=1S/C24H29N5O4/c1-14(2)33-22-20-23(25-15(3)19(27-20)16-7-5-4-6-8-16)28-21(22)24(32)26-17-9-11-29(12-10-17)18(31)13-30/h4-8,14,17,30H,9-13H2,1-3H3,(H,25,28)(H,26,32). The summed E-state index contributed by atoms with van der Waals surface area (Å²) in [6, 6.07) is 9.70. The van der Waals surface area contributed by atoms with Crippen LogP contribution in [0.3, 0.4) is 0 Å². The first-order valence-electron chi connectivity index (χ1n) is 11.2. The fourth-order valence-corrected chi connectivity index (χ4v) is 4.07. The number of amides is 2. The van der Waals surface area contributed by atoms with Crippen LogP contribution in [0.5, 0.6) is 5.75 Å². The maximum atomic E-state index is 13.2. The summed E-state index contributed by atoms with van der Waals surface area (Å²) in [5.41, 5.74) is 3.73. The second-order valence-corrected chi connectivity index (χ2v) is 8.50. The van der Waals surface area contributed by atoms with E-state index in [1.165, 1.54) is 0 Å². The first kappa shape index (κ1) is 22.7. The van der Waals surface area contributed by atoms with Crippen LogP contribution in [0.25, 0.3) is 22.4 Å². The lowest BCUT2D eigenvalue weighted by atomic mass is 10.0. The molecule has 0 saturated carbocycles. The predicted molar refractivity (Wildman–Crippen MR) is 124 cm³/mol. The van der Waals surface area contributed by atoms with Crippen molar-refractivity contribution in [3.05, 3.63) is 41.7 Å². The van der Waals surface area contributed by atoms with Crippen molar-refractivity contribution in [2.24, 2.45) is 0 Å². The Hall–Kier alpha value is -3.46. The monoisotopic (exact) mass is 451 g/mol. The number of hydrogen-bond donors (Lipinski definition) is 3. The molecule has 1 aliphatic heterocycles. The molecule has 2 aromatic heterocycles. The Morgan fingerprint density at radius 3 is 2.55 bits per heavy atom. The molecule has 33 heavy (non-hydrogen) atoms. The first-order valence-corrected chi connectivity index (χ1v) is 11.2. The molecule has 9 nitrogen and oxygen atoms in total. The van der Waals surface area contributed by atoms with E-state index in [4.69, 9.17) is 14.8 Å². The number of likely N-dealkylation sites (tertiary alicyclic amines) is 1. The fraction of sp³-hybridized carbons (Fsp3) is 0.417. The maximum Gasteiger partial charge on any atom is 0.271 e. The second kappa shape index (κ2) is 9.58. The lowest BCUT2D eigenvalue weighted by Crippen LogP contribution is -2.47. The van der Waals surface area contributed by atoms with Crippen molar-refractivity contribution in [3.63, 3.8) is 0 Å². The van der Waals surface area contributed by atoms with E-state index in [0.717, 1.165) is 17.0 Å². The molecular formula is C24H29N5O4. The molecule has 9 heteroatoms. The summed E-state index contributed by atoms with van der Waals surface area (Å²) in [6.45, 7) is 6.18. The highest BCUT2D eigenvalue weighted by atomic mass is 16.5. The second-order valence-electron chi connectivity index (χ2n) is 8.50. The highest BCUT2D eigenvalue weighted by Gasteiger charge is 2.28. The lowest BCUT2D eigenvalue weighted by molar-refractivity contribution is -0.135. The number of ether oxygens (including phenoxy) is 1. The van der Waals surface area contributed by atoms with Crippen molar-refractivity contribution in [2.45, 2.75) is 45.8 Å². The van der Waals surface area contributed by atoms with E-state index >= 15 is 0 Å². The highest BCUT2D eigenvalue weighted by molar-refractivity contribution is 6.02. The molecule has 0 unspecified atom stereocenters. The number of nitrogens with zero attached hydrogens (tertiary/aromatic N) is 3. The van der Waals surface area contributed by atoms with Crippen LogP contribution in [0.15, 0.2) is 30.3 Å². The van der Waals surface area contributed by atoms with E-state index in [2.05, 4.69) is 15.3 Å². The molecule has 1 aliphatic rings. The Balaban J connectivity index is 1.63. The van der Waals surface area contributed by atoms with Crippen molar-refractivity contribution >= 4 is 23.0 Å². The molecule has 3 heterocycles. The van der Waals surface area contributed by atoms with Gasteiger partial charge in [0.1, 0.15) is 6.61 Å². The molecule has 2 amide bonds. The summed E-state index contributed by atoms with van der Waals surface area (Å²) < 4.78 is 6.03. The Morgan fingerprint density at radius 1 is 1.21 bits per heavy atom. The number of aromatic amines is 1. The molecule has 0 radical (unpaired) electrons. The summed E-state index contributed by atoms with van der Waals surface area (Å²) in [4.78, 5) is 39.1. The number of fused-ring (bicyclic) bond motifs is 1. The third-order valence-corrected chi connectivity index (χ3v) is 5.70. The molecule has 3 N–H and O–H groups in total. The van der Waals surface area contributed by atoms with E-state index in [1.807, 2.05) is 51.1 Å². The fourth-order valence-electron chi connectivity index (χ4n) is 4.07. The van der Waals surface area contributed by atoms with Crippen LogP contribution in [-0.2, 0) is 4.79 Å². The molecule has 3 aromatic rings. The van der Waals surface area contributed by atoms with E-state index in [-0.39, 0.29) is 29.7 Å². The molecule has 0 aliphatic carbocycles. The topological polar surface area (TPSA) is 120 Å². The zero-order valence-corrected chi connectivity index (χ0v) is 19.1. The van der Waals surface area contributed by atoms with Crippen LogP contribution in [0, 0.1) is 6.92 Å². The molecule has 0 atom stereocenters. The Bertz CT molecular complexity index is 1150. The van der Waals surface area contributed by atoms with Crippen LogP contribution in [-0.4, -0.2) is 68.6 Å². The summed E-state index contributed by atoms with van der Waals surface area (Å²) >= 11 is 0. The average Bonchev–Trinajstić information content (AvgIpc) is 3.15. The average molecular weight is 452 g/mol. The van der Waals surface area contributed by atoms with E-state index < -0.39 is 6.61 Å². The number of benzene rings is 1. The third-order valence-electron chi connectivity index (χ3n) is 5.70. The van der Waals surface area contributed by atoms with Crippen molar-refractivity contribution < 1.29 is 19.4 Å².